The summed E-state index contributed by atoms with van der Waals surface area (Å²) in [5.41, 5.74) is 14.2. The molecule has 1 aliphatic heterocycles. The van der Waals surface area contributed by atoms with Crippen molar-refractivity contribution < 1.29 is 19.4 Å². The smallest absolute Gasteiger partial charge is 0.182 e. The van der Waals surface area contributed by atoms with Crippen molar-refractivity contribution in [1.29, 1.82) is 0 Å². The van der Waals surface area contributed by atoms with E-state index in [0.717, 1.165) is 73.3 Å². The molecule has 0 radical (unpaired) electrons. The maximum absolute atomic E-state index is 8.70. The molecule has 1 fully saturated rings. The molecule has 5 N–H and O–H groups in total. The van der Waals surface area contributed by atoms with Crippen molar-refractivity contribution in [2.24, 2.45) is 10.9 Å². The number of oxime groups is 1. The van der Waals surface area contributed by atoms with Crippen LogP contribution in [0.5, 0.6) is 11.5 Å². The first kappa shape index (κ1) is 24.6. The predicted octanol–water partition coefficient (Wildman–Crippen LogP) is 3.95. The quantitative estimate of drug-likeness (QED) is 0.119. The van der Waals surface area contributed by atoms with E-state index in [-0.39, 0.29) is 5.84 Å². The molecule has 0 atom stereocenters. The summed E-state index contributed by atoms with van der Waals surface area (Å²) >= 11 is 1.52. The minimum atomic E-state index is 0.0803. The first-order chi connectivity index (χ1) is 17.1. The number of thiazole rings is 1. The van der Waals surface area contributed by atoms with Crippen LogP contribution in [-0.4, -0.2) is 55.5 Å². The zero-order valence-electron chi connectivity index (χ0n) is 19.6. The van der Waals surface area contributed by atoms with Crippen LogP contribution in [-0.2, 0) is 4.74 Å². The molecule has 35 heavy (non-hydrogen) atoms. The average molecular weight is 498 g/mol. The zero-order chi connectivity index (χ0) is 24.5. The molecule has 0 unspecified atom stereocenters. The van der Waals surface area contributed by atoms with Crippen molar-refractivity contribution in [3.05, 3.63) is 54.1 Å². The second kappa shape index (κ2) is 12.3. The largest absolute Gasteiger partial charge is 0.494 e. The lowest BCUT2D eigenvalue weighted by molar-refractivity contribution is 0.123. The van der Waals surface area contributed by atoms with Gasteiger partial charge in [0.15, 0.2) is 11.0 Å². The Balaban J connectivity index is 1.17. The molecule has 0 spiro atoms. The summed E-state index contributed by atoms with van der Waals surface area (Å²) in [7, 11) is 0. The van der Waals surface area contributed by atoms with E-state index in [0.29, 0.717) is 23.9 Å². The van der Waals surface area contributed by atoms with Crippen molar-refractivity contribution in [1.82, 2.24) is 4.98 Å². The number of ether oxygens (including phenoxy) is 3. The predicted molar refractivity (Wildman–Crippen MR) is 139 cm³/mol. The number of rotatable bonds is 11. The molecule has 0 saturated carbocycles. The van der Waals surface area contributed by atoms with E-state index >= 15 is 0 Å². The molecule has 9 nitrogen and oxygen atoms in total. The Morgan fingerprint density at radius 1 is 0.971 bits per heavy atom. The van der Waals surface area contributed by atoms with Gasteiger partial charge in [0.25, 0.3) is 0 Å². The molecular formula is C25H31N5O4S. The van der Waals surface area contributed by atoms with Gasteiger partial charge in [-0.1, -0.05) is 16.5 Å². The summed E-state index contributed by atoms with van der Waals surface area (Å²) < 4.78 is 17.1. The summed E-state index contributed by atoms with van der Waals surface area (Å²) in [6.07, 6.45) is 2.87. The van der Waals surface area contributed by atoms with Crippen molar-refractivity contribution in [2.75, 3.05) is 50.2 Å². The number of hydrogen-bond acceptors (Lipinski definition) is 9. The molecular weight excluding hydrogens is 466 g/mol. The molecule has 2 heterocycles. The number of hydrogen-bond donors (Lipinski definition) is 3. The van der Waals surface area contributed by atoms with Gasteiger partial charge in [-0.3, -0.25) is 0 Å². The lowest BCUT2D eigenvalue weighted by Crippen LogP contribution is -2.35. The van der Waals surface area contributed by atoms with Gasteiger partial charge < -0.3 is 35.8 Å². The Kier molecular flexibility index (Phi) is 8.63. The Bertz CT molecular complexity index is 1100. The van der Waals surface area contributed by atoms with E-state index in [1.807, 2.05) is 36.4 Å². The van der Waals surface area contributed by atoms with E-state index < -0.39 is 0 Å². The first-order valence-corrected chi connectivity index (χ1v) is 12.5. The van der Waals surface area contributed by atoms with Crippen LogP contribution in [0.4, 0.5) is 10.1 Å². The summed E-state index contributed by atoms with van der Waals surface area (Å²) in [4.78, 5) is 6.86. The van der Waals surface area contributed by atoms with E-state index in [9.17, 15) is 0 Å². The average Bonchev–Trinajstić information content (AvgIpc) is 3.30. The highest BCUT2D eigenvalue weighted by molar-refractivity contribution is 7.19. The zero-order valence-corrected chi connectivity index (χ0v) is 20.4. The lowest BCUT2D eigenvalue weighted by Gasteiger charge is -2.28. The topological polar surface area (TPSA) is 128 Å². The minimum Gasteiger partial charge on any atom is -0.494 e. The molecule has 186 valence electrons. The van der Waals surface area contributed by atoms with Crippen molar-refractivity contribution in [3.8, 4) is 22.8 Å². The second-order valence-corrected chi connectivity index (χ2v) is 9.11. The maximum Gasteiger partial charge on any atom is 0.182 e. The highest BCUT2D eigenvalue weighted by Gasteiger charge is 2.20. The van der Waals surface area contributed by atoms with Gasteiger partial charge in [-0.15, -0.1) is 0 Å². The van der Waals surface area contributed by atoms with Crippen LogP contribution in [0.1, 0.15) is 24.8 Å². The standard InChI is InChI=1S/C25H31N5O4S/c26-23(29-31)19-6-10-21(11-7-19)34-15-3-1-2-14-33-20-8-4-18(5-9-20)22-24(35-25(27)28-22)30-12-16-32-17-13-30/h4-11,31H,1-3,12-17H2,(H2,26,29)(H2,27,28). The monoisotopic (exact) mass is 497 g/mol. The molecule has 2 aromatic carbocycles. The Morgan fingerprint density at radius 2 is 1.57 bits per heavy atom. The van der Waals surface area contributed by atoms with Crippen LogP contribution >= 0.6 is 11.3 Å². The number of aromatic nitrogens is 1. The number of morpholine rings is 1. The van der Waals surface area contributed by atoms with E-state index in [2.05, 4.69) is 15.0 Å². The first-order valence-electron chi connectivity index (χ1n) is 11.7. The van der Waals surface area contributed by atoms with Gasteiger partial charge in [0.2, 0.25) is 0 Å². The summed E-state index contributed by atoms with van der Waals surface area (Å²) in [6.45, 7) is 4.42. The number of nitrogens with zero attached hydrogens (tertiary/aromatic N) is 3. The molecule has 0 aliphatic carbocycles. The number of unbranched alkanes of at least 4 members (excludes halogenated alkanes) is 2. The van der Waals surface area contributed by atoms with Gasteiger partial charge in [-0.05, 0) is 67.8 Å². The highest BCUT2D eigenvalue weighted by atomic mass is 32.1. The van der Waals surface area contributed by atoms with Gasteiger partial charge in [0, 0.05) is 24.2 Å². The van der Waals surface area contributed by atoms with Crippen molar-refractivity contribution in [2.45, 2.75) is 19.3 Å². The van der Waals surface area contributed by atoms with Crippen LogP contribution in [0, 0.1) is 0 Å². The number of anilines is 2. The molecule has 1 aromatic heterocycles. The fraction of sp³-hybridized carbons (Fsp3) is 0.360. The number of nitrogen functional groups attached to an aromatic ring is 1. The van der Waals surface area contributed by atoms with Crippen LogP contribution in [0.2, 0.25) is 0 Å². The number of nitrogens with two attached hydrogens (primary N) is 2. The molecule has 3 aromatic rings. The van der Waals surface area contributed by atoms with Crippen molar-refractivity contribution in [3.63, 3.8) is 0 Å². The van der Waals surface area contributed by atoms with Gasteiger partial charge >= 0.3 is 0 Å². The van der Waals surface area contributed by atoms with Crippen LogP contribution < -0.4 is 25.8 Å². The summed E-state index contributed by atoms with van der Waals surface area (Å²) in [5, 5.41) is 13.4. The van der Waals surface area contributed by atoms with E-state index in [1.165, 1.54) is 11.3 Å². The van der Waals surface area contributed by atoms with E-state index in [1.54, 1.807) is 12.1 Å². The van der Waals surface area contributed by atoms with Crippen LogP contribution in [0.25, 0.3) is 11.3 Å². The molecule has 4 rings (SSSR count). The normalized spacial score (nSPS) is 14.2. The third-order valence-corrected chi connectivity index (χ3v) is 6.58. The maximum atomic E-state index is 8.70. The SMILES string of the molecule is N/C(=N\O)c1ccc(OCCCCCOc2ccc(-c3nc(N)sc3N3CCOCC3)cc2)cc1. The van der Waals surface area contributed by atoms with Crippen LogP contribution in [0.15, 0.2) is 53.7 Å². The third kappa shape index (κ3) is 6.77. The molecule has 1 saturated heterocycles. The van der Waals surface area contributed by atoms with Gasteiger partial charge in [0.05, 0.1) is 26.4 Å². The second-order valence-electron chi connectivity index (χ2n) is 8.10. The van der Waals surface area contributed by atoms with Gasteiger partial charge in [0.1, 0.15) is 22.2 Å². The Hall–Kier alpha value is -3.50. The van der Waals surface area contributed by atoms with Gasteiger partial charge in [-0.2, -0.15) is 0 Å². The van der Waals surface area contributed by atoms with E-state index in [4.69, 9.17) is 30.9 Å². The summed E-state index contributed by atoms with van der Waals surface area (Å²) in [6, 6.07) is 15.2. The fourth-order valence-electron chi connectivity index (χ4n) is 3.75. The molecule has 0 amide bonds. The summed E-state index contributed by atoms with van der Waals surface area (Å²) in [5.74, 6) is 1.68. The fourth-order valence-corrected chi connectivity index (χ4v) is 4.65. The van der Waals surface area contributed by atoms with Gasteiger partial charge in [-0.25, -0.2) is 4.98 Å². The molecule has 0 bridgehead atoms. The number of amidine groups is 1. The minimum absolute atomic E-state index is 0.0803. The Morgan fingerprint density at radius 3 is 2.17 bits per heavy atom. The molecule has 1 aliphatic rings. The number of benzene rings is 2. The molecule has 10 heteroatoms. The lowest BCUT2D eigenvalue weighted by atomic mass is 10.1. The Labute approximate surface area is 208 Å². The third-order valence-electron chi connectivity index (χ3n) is 5.64. The highest BCUT2D eigenvalue weighted by Crippen LogP contribution is 2.38. The van der Waals surface area contributed by atoms with Crippen LogP contribution in [0.3, 0.4) is 0 Å². The van der Waals surface area contributed by atoms with Crippen molar-refractivity contribution >= 4 is 27.3 Å².